The third-order valence-electron chi connectivity index (χ3n) is 3.51. The Hall–Kier alpha value is -2.62. The minimum Gasteiger partial charge on any atom is -0.494 e. The molecular weight excluding hydrogens is 288 g/mol. The minimum absolute atomic E-state index is 0.134. The van der Waals surface area contributed by atoms with Gasteiger partial charge >= 0.3 is 0 Å². The van der Waals surface area contributed by atoms with E-state index in [4.69, 9.17) is 4.74 Å². The SMILES string of the molecule is CCOc1cccc(/C=N\NC(=O)Cc2ccc(C)c(C)c2)c1. The Labute approximate surface area is 137 Å². The maximum atomic E-state index is 11.9. The number of benzene rings is 2. The van der Waals surface area contributed by atoms with Crippen LogP contribution in [0.25, 0.3) is 0 Å². The van der Waals surface area contributed by atoms with E-state index in [-0.39, 0.29) is 5.91 Å². The summed E-state index contributed by atoms with van der Waals surface area (Å²) >= 11 is 0. The highest BCUT2D eigenvalue weighted by Crippen LogP contribution is 2.12. The molecule has 2 aromatic carbocycles. The van der Waals surface area contributed by atoms with E-state index in [0.29, 0.717) is 13.0 Å². The van der Waals surface area contributed by atoms with Crippen LogP contribution in [0.5, 0.6) is 5.75 Å². The average molecular weight is 310 g/mol. The molecule has 0 radical (unpaired) electrons. The maximum Gasteiger partial charge on any atom is 0.244 e. The molecule has 0 bridgehead atoms. The van der Waals surface area contributed by atoms with E-state index in [9.17, 15) is 4.79 Å². The predicted octanol–water partition coefficient (Wildman–Crippen LogP) is 3.39. The van der Waals surface area contributed by atoms with Gasteiger partial charge in [0.15, 0.2) is 0 Å². The topological polar surface area (TPSA) is 50.7 Å². The summed E-state index contributed by atoms with van der Waals surface area (Å²) in [4.78, 5) is 11.9. The van der Waals surface area contributed by atoms with Crippen LogP contribution in [0.4, 0.5) is 0 Å². The molecule has 0 aliphatic carbocycles. The van der Waals surface area contributed by atoms with Gasteiger partial charge in [-0.15, -0.1) is 0 Å². The van der Waals surface area contributed by atoms with Crippen LogP contribution >= 0.6 is 0 Å². The molecule has 4 nitrogen and oxygen atoms in total. The molecule has 0 saturated carbocycles. The van der Waals surface area contributed by atoms with Crippen molar-refractivity contribution in [3.8, 4) is 5.75 Å². The first-order valence-electron chi connectivity index (χ1n) is 7.69. The van der Waals surface area contributed by atoms with Crippen molar-refractivity contribution in [1.29, 1.82) is 0 Å². The van der Waals surface area contributed by atoms with E-state index in [0.717, 1.165) is 16.9 Å². The monoisotopic (exact) mass is 310 g/mol. The van der Waals surface area contributed by atoms with Crippen LogP contribution in [-0.2, 0) is 11.2 Å². The third kappa shape index (κ3) is 5.25. The van der Waals surface area contributed by atoms with E-state index in [1.54, 1.807) is 6.21 Å². The molecule has 1 amide bonds. The van der Waals surface area contributed by atoms with Gasteiger partial charge in [-0.3, -0.25) is 4.79 Å². The number of amides is 1. The Kier molecular flexibility index (Phi) is 5.92. The molecule has 0 aromatic heterocycles. The number of carbonyl (C=O) groups is 1. The summed E-state index contributed by atoms with van der Waals surface area (Å²) in [6.45, 7) is 6.65. The number of carbonyl (C=O) groups excluding carboxylic acids is 1. The third-order valence-corrected chi connectivity index (χ3v) is 3.51. The van der Waals surface area contributed by atoms with Gasteiger partial charge in [0.05, 0.1) is 19.2 Å². The van der Waals surface area contributed by atoms with E-state index in [1.165, 1.54) is 11.1 Å². The van der Waals surface area contributed by atoms with Gasteiger partial charge in [0.25, 0.3) is 0 Å². The summed E-state index contributed by atoms with van der Waals surface area (Å²) in [5.41, 5.74) is 6.83. The highest BCUT2D eigenvalue weighted by Gasteiger charge is 2.03. The summed E-state index contributed by atoms with van der Waals surface area (Å²) in [7, 11) is 0. The zero-order valence-corrected chi connectivity index (χ0v) is 13.8. The lowest BCUT2D eigenvalue weighted by Crippen LogP contribution is -2.19. The van der Waals surface area contributed by atoms with Crippen LogP contribution in [-0.4, -0.2) is 18.7 Å². The van der Waals surface area contributed by atoms with Gasteiger partial charge in [-0.25, -0.2) is 5.43 Å². The van der Waals surface area contributed by atoms with Gasteiger partial charge in [0.1, 0.15) is 5.75 Å². The smallest absolute Gasteiger partial charge is 0.244 e. The average Bonchev–Trinajstić information content (AvgIpc) is 2.52. The van der Waals surface area contributed by atoms with Crippen LogP contribution < -0.4 is 10.2 Å². The molecule has 1 N–H and O–H groups in total. The Morgan fingerprint density at radius 3 is 2.74 bits per heavy atom. The molecule has 0 fully saturated rings. The fraction of sp³-hybridized carbons (Fsp3) is 0.263. The molecule has 0 aliphatic heterocycles. The molecule has 120 valence electrons. The van der Waals surface area contributed by atoms with E-state index in [2.05, 4.69) is 17.5 Å². The van der Waals surface area contributed by atoms with Crippen LogP contribution in [0.2, 0.25) is 0 Å². The summed E-state index contributed by atoms with van der Waals surface area (Å²) in [6, 6.07) is 13.6. The van der Waals surface area contributed by atoms with Crippen molar-refractivity contribution >= 4 is 12.1 Å². The number of hydrogen-bond acceptors (Lipinski definition) is 3. The van der Waals surface area contributed by atoms with E-state index in [1.807, 2.05) is 56.3 Å². The first-order chi connectivity index (χ1) is 11.1. The van der Waals surface area contributed by atoms with Crippen LogP contribution in [0, 0.1) is 13.8 Å². The number of hydrazone groups is 1. The zero-order chi connectivity index (χ0) is 16.7. The summed E-state index contributed by atoms with van der Waals surface area (Å²) in [5.74, 6) is 0.656. The number of ether oxygens (including phenoxy) is 1. The molecule has 0 aliphatic rings. The first-order valence-corrected chi connectivity index (χ1v) is 7.69. The van der Waals surface area contributed by atoms with Crippen molar-refractivity contribution in [1.82, 2.24) is 5.43 Å². The Balaban J connectivity index is 1.90. The van der Waals surface area contributed by atoms with Crippen molar-refractivity contribution in [2.75, 3.05) is 6.61 Å². The van der Waals surface area contributed by atoms with Crippen molar-refractivity contribution in [2.45, 2.75) is 27.2 Å². The van der Waals surface area contributed by atoms with Gasteiger partial charge in [0.2, 0.25) is 5.91 Å². The standard InChI is InChI=1S/C19H22N2O2/c1-4-23-18-7-5-6-17(11-18)13-20-21-19(22)12-16-9-8-14(2)15(3)10-16/h5-11,13H,4,12H2,1-3H3,(H,21,22)/b20-13-. The lowest BCUT2D eigenvalue weighted by atomic mass is 10.0. The quantitative estimate of drug-likeness (QED) is 0.657. The summed E-state index contributed by atoms with van der Waals surface area (Å²) in [6.07, 6.45) is 1.93. The molecule has 0 unspecified atom stereocenters. The maximum absolute atomic E-state index is 11.9. The lowest BCUT2D eigenvalue weighted by Gasteiger charge is -2.05. The predicted molar refractivity (Wildman–Crippen MR) is 93.0 cm³/mol. The van der Waals surface area contributed by atoms with Gasteiger partial charge in [-0.2, -0.15) is 5.10 Å². The van der Waals surface area contributed by atoms with Gasteiger partial charge in [0, 0.05) is 0 Å². The second-order valence-electron chi connectivity index (χ2n) is 5.39. The normalized spacial score (nSPS) is 10.7. The van der Waals surface area contributed by atoms with Crippen LogP contribution in [0.3, 0.4) is 0 Å². The molecule has 23 heavy (non-hydrogen) atoms. The Morgan fingerprint density at radius 2 is 2.00 bits per heavy atom. The summed E-state index contributed by atoms with van der Waals surface area (Å²) in [5, 5.41) is 4.00. The highest BCUT2D eigenvalue weighted by molar-refractivity contribution is 5.83. The fourth-order valence-electron chi connectivity index (χ4n) is 2.17. The van der Waals surface area contributed by atoms with Crippen molar-refractivity contribution in [2.24, 2.45) is 5.10 Å². The molecule has 0 atom stereocenters. The number of hydrogen-bond donors (Lipinski definition) is 1. The molecule has 0 spiro atoms. The Bertz CT molecular complexity index is 708. The Morgan fingerprint density at radius 1 is 1.17 bits per heavy atom. The molecule has 0 heterocycles. The summed E-state index contributed by atoms with van der Waals surface area (Å²) < 4.78 is 5.42. The molecule has 4 heteroatoms. The zero-order valence-electron chi connectivity index (χ0n) is 13.8. The second kappa shape index (κ2) is 8.13. The molecule has 0 saturated heterocycles. The highest BCUT2D eigenvalue weighted by atomic mass is 16.5. The largest absolute Gasteiger partial charge is 0.494 e. The number of nitrogens with one attached hydrogen (secondary N) is 1. The fourth-order valence-corrected chi connectivity index (χ4v) is 2.17. The number of nitrogens with zero attached hydrogens (tertiary/aromatic N) is 1. The van der Waals surface area contributed by atoms with Crippen molar-refractivity contribution in [3.63, 3.8) is 0 Å². The van der Waals surface area contributed by atoms with E-state index < -0.39 is 0 Å². The lowest BCUT2D eigenvalue weighted by molar-refractivity contribution is -0.120. The van der Waals surface area contributed by atoms with Gasteiger partial charge in [-0.05, 0) is 55.2 Å². The molecular formula is C19H22N2O2. The second-order valence-corrected chi connectivity index (χ2v) is 5.39. The van der Waals surface area contributed by atoms with Crippen LogP contribution in [0.15, 0.2) is 47.6 Å². The molecule has 2 aromatic rings. The minimum atomic E-state index is -0.134. The number of aryl methyl sites for hydroxylation is 2. The van der Waals surface area contributed by atoms with Gasteiger partial charge < -0.3 is 4.74 Å². The van der Waals surface area contributed by atoms with Crippen LogP contribution in [0.1, 0.15) is 29.2 Å². The number of rotatable bonds is 6. The van der Waals surface area contributed by atoms with Crippen molar-refractivity contribution < 1.29 is 9.53 Å². The van der Waals surface area contributed by atoms with Crippen molar-refractivity contribution in [3.05, 3.63) is 64.7 Å². The first kappa shape index (κ1) is 16.7. The molecule has 2 rings (SSSR count). The van der Waals surface area contributed by atoms with E-state index >= 15 is 0 Å². The van der Waals surface area contributed by atoms with Gasteiger partial charge in [-0.1, -0.05) is 30.3 Å².